The Morgan fingerprint density at radius 3 is 2.86 bits per heavy atom. The summed E-state index contributed by atoms with van der Waals surface area (Å²) in [6, 6.07) is 4.31. The molecule has 1 rings (SSSR count). The van der Waals surface area contributed by atoms with Crippen LogP contribution in [0.5, 0.6) is 5.75 Å². The highest BCUT2D eigenvalue weighted by Crippen LogP contribution is 2.20. The Labute approximate surface area is 82.3 Å². The highest BCUT2D eigenvalue weighted by Gasteiger charge is 2.11. The molecule has 0 atom stereocenters. The Morgan fingerprint density at radius 2 is 2.29 bits per heavy atom. The normalized spacial score (nSPS) is 9.79. The lowest BCUT2D eigenvalue weighted by Crippen LogP contribution is -2.06. The number of phenols is 1. The number of benzene rings is 1. The summed E-state index contributed by atoms with van der Waals surface area (Å²) in [6.45, 7) is 2.25. The van der Waals surface area contributed by atoms with Crippen LogP contribution in [0.15, 0.2) is 18.2 Å². The second-order valence-electron chi connectivity index (χ2n) is 2.91. The molecule has 14 heavy (non-hydrogen) atoms. The first-order valence-corrected chi connectivity index (χ1v) is 4.40. The summed E-state index contributed by atoms with van der Waals surface area (Å²) in [7, 11) is 0. The van der Waals surface area contributed by atoms with Gasteiger partial charge in [0.05, 0.1) is 6.61 Å². The summed E-state index contributed by atoms with van der Waals surface area (Å²) in [5.74, 6) is -0.671. The Kier molecular flexibility index (Phi) is 3.34. The smallest absolute Gasteiger partial charge is 0.341 e. The zero-order chi connectivity index (χ0) is 10.6. The molecule has 0 aromatic heterocycles. The minimum absolute atomic E-state index is 0.146. The van der Waals surface area contributed by atoms with Gasteiger partial charge in [-0.3, -0.25) is 0 Å². The van der Waals surface area contributed by atoms with Gasteiger partial charge in [-0.1, -0.05) is 6.92 Å². The molecule has 1 aromatic rings. The van der Waals surface area contributed by atoms with Gasteiger partial charge >= 0.3 is 5.97 Å². The maximum Gasteiger partial charge on any atom is 0.341 e. The summed E-state index contributed by atoms with van der Waals surface area (Å²) < 4.78 is 4.86. The standard InChI is InChI=1S/C10H13NO3/c1-2-5-14-10(13)8-4-3-7(11)6-9(8)12/h3-4,6,12H,2,5,11H2,1H3. The highest BCUT2D eigenvalue weighted by molar-refractivity contribution is 5.92. The fourth-order valence-corrected chi connectivity index (χ4v) is 0.994. The van der Waals surface area contributed by atoms with Gasteiger partial charge in [0.1, 0.15) is 11.3 Å². The molecule has 0 unspecified atom stereocenters. The van der Waals surface area contributed by atoms with Crippen LogP contribution in [0.2, 0.25) is 0 Å². The first-order valence-electron chi connectivity index (χ1n) is 4.40. The van der Waals surface area contributed by atoms with Crippen LogP contribution in [0.1, 0.15) is 23.7 Å². The number of aromatic hydroxyl groups is 1. The molecule has 0 bridgehead atoms. The minimum Gasteiger partial charge on any atom is -0.507 e. The molecule has 0 aliphatic carbocycles. The fourth-order valence-electron chi connectivity index (χ4n) is 0.994. The van der Waals surface area contributed by atoms with Crippen molar-refractivity contribution >= 4 is 11.7 Å². The van der Waals surface area contributed by atoms with Crippen LogP contribution >= 0.6 is 0 Å². The molecule has 0 fully saturated rings. The molecule has 0 radical (unpaired) electrons. The van der Waals surface area contributed by atoms with E-state index in [0.29, 0.717) is 12.3 Å². The van der Waals surface area contributed by atoms with Crippen LogP contribution in [-0.4, -0.2) is 17.7 Å². The molecule has 76 valence electrons. The molecular formula is C10H13NO3. The van der Waals surface area contributed by atoms with E-state index in [1.165, 1.54) is 12.1 Å². The van der Waals surface area contributed by atoms with Gasteiger partial charge in [-0.25, -0.2) is 4.79 Å². The lowest BCUT2D eigenvalue weighted by Gasteiger charge is -2.05. The van der Waals surface area contributed by atoms with Gasteiger partial charge < -0.3 is 15.6 Å². The van der Waals surface area contributed by atoms with Crippen molar-refractivity contribution in [3.8, 4) is 5.75 Å². The number of carbonyl (C=O) groups excluding carboxylic acids is 1. The van der Waals surface area contributed by atoms with Crippen LogP contribution in [0.25, 0.3) is 0 Å². The average molecular weight is 195 g/mol. The number of rotatable bonds is 3. The Balaban J connectivity index is 2.80. The van der Waals surface area contributed by atoms with Crippen molar-refractivity contribution in [2.75, 3.05) is 12.3 Å². The van der Waals surface area contributed by atoms with E-state index < -0.39 is 5.97 Å². The molecule has 0 spiro atoms. The third kappa shape index (κ3) is 2.39. The molecule has 0 saturated heterocycles. The molecule has 3 N–H and O–H groups in total. The summed E-state index contributed by atoms with van der Waals surface area (Å²) in [6.07, 6.45) is 0.751. The zero-order valence-electron chi connectivity index (χ0n) is 7.99. The molecule has 4 heteroatoms. The van der Waals surface area contributed by atoms with E-state index in [-0.39, 0.29) is 11.3 Å². The Hall–Kier alpha value is -1.71. The first-order chi connectivity index (χ1) is 6.65. The van der Waals surface area contributed by atoms with Crippen LogP contribution in [-0.2, 0) is 4.74 Å². The number of ether oxygens (including phenoxy) is 1. The molecule has 4 nitrogen and oxygen atoms in total. The largest absolute Gasteiger partial charge is 0.507 e. The number of nitrogen functional groups attached to an aromatic ring is 1. The molecule has 0 aliphatic heterocycles. The van der Waals surface area contributed by atoms with Gasteiger partial charge in [0.2, 0.25) is 0 Å². The van der Waals surface area contributed by atoms with Crippen molar-refractivity contribution in [1.29, 1.82) is 0 Å². The molecule has 0 aliphatic rings. The zero-order valence-corrected chi connectivity index (χ0v) is 7.99. The van der Waals surface area contributed by atoms with Gasteiger partial charge in [0.25, 0.3) is 0 Å². The van der Waals surface area contributed by atoms with Crippen molar-refractivity contribution in [3.05, 3.63) is 23.8 Å². The summed E-state index contributed by atoms with van der Waals surface area (Å²) in [5, 5.41) is 9.38. The average Bonchev–Trinajstić information content (AvgIpc) is 2.14. The van der Waals surface area contributed by atoms with Gasteiger partial charge in [0.15, 0.2) is 0 Å². The topological polar surface area (TPSA) is 72.5 Å². The SMILES string of the molecule is CCCOC(=O)c1ccc(N)cc1O. The number of nitrogens with two attached hydrogens (primary N) is 1. The Morgan fingerprint density at radius 1 is 1.57 bits per heavy atom. The van der Waals surface area contributed by atoms with Crippen LogP contribution in [0, 0.1) is 0 Å². The molecule has 1 aromatic carbocycles. The lowest BCUT2D eigenvalue weighted by atomic mass is 10.2. The van der Waals surface area contributed by atoms with E-state index in [1.807, 2.05) is 6.92 Å². The third-order valence-electron chi connectivity index (χ3n) is 1.68. The van der Waals surface area contributed by atoms with Crippen LogP contribution in [0.4, 0.5) is 5.69 Å². The molecule has 0 saturated carbocycles. The maximum atomic E-state index is 11.3. The van der Waals surface area contributed by atoms with E-state index in [2.05, 4.69) is 0 Å². The van der Waals surface area contributed by atoms with Crippen molar-refractivity contribution in [2.24, 2.45) is 0 Å². The number of anilines is 1. The van der Waals surface area contributed by atoms with Gasteiger partial charge in [-0.15, -0.1) is 0 Å². The van der Waals surface area contributed by atoms with Gasteiger partial charge in [-0.05, 0) is 18.6 Å². The molecule has 0 heterocycles. The predicted molar refractivity (Wildman–Crippen MR) is 53.1 cm³/mol. The van der Waals surface area contributed by atoms with Crippen molar-refractivity contribution in [3.63, 3.8) is 0 Å². The Bertz CT molecular complexity index is 336. The van der Waals surface area contributed by atoms with Crippen LogP contribution in [0.3, 0.4) is 0 Å². The monoisotopic (exact) mass is 195 g/mol. The van der Waals surface area contributed by atoms with E-state index in [1.54, 1.807) is 6.07 Å². The van der Waals surface area contributed by atoms with Crippen molar-refractivity contribution < 1.29 is 14.6 Å². The van der Waals surface area contributed by atoms with Gasteiger partial charge in [0, 0.05) is 11.8 Å². The lowest BCUT2D eigenvalue weighted by molar-refractivity contribution is 0.0502. The number of carbonyl (C=O) groups is 1. The quantitative estimate of drug-likeness (QED) is 0.566. The number of phenolic OH excluding ortho intramolecular Hbond substituents is 1. The highest BCUT2D eigenvalue weighted by atomic mass is 16.5. The predicted octanol–water partition coefficient (Wildman–Crippen LogP) is 1.54. The second kappa shape index (κ2) is 4.50. The fraction of sp³-hybridized carbons (Fsp3) is 0.300. The van der Waals surface area contributed by atoms with E-state index in [4.69, 9.17) is 10.5 Å². The summed E-state index contributed by atoms with van der Waals surface area (Å²) in [4.78, 5) is 11.3. The molecular weight excluding hydrogens is 182 g/mol. The summed E-state index contributed by atoms with van der Waals surface area (Å²) >= 11 is 0. The van der Waals surface area contributed by atoms with E-state index in [0.717, 1.165) is 6.42 Å². The first kappa shape index (κ1) is 10.4. The van der Waals surface area contributed by atoms with Gasteiger partial charge in [-0.2, -0.15) is 0 Å². The number of hydrogen-bond acceptors (Lipinski definition) is 4. The second-order valence-corrected chi connectivity index (χ2v) is 2.91. The van der Waals surface area contributed by atoms with Crippen molar-refractivity contribution in [1.82, 2.24) is 0 Å². The number of esters is 1. The van der Waals surface area contributed by atoms with Crippen LogP contribution < -0.4 is 5.73 Å². The van der Waals surface area contributed by atoms with Crippen molar-refractivity contribution in [2.45, 2.75) is 13.3 Å². The maximum absolute atomic E-state index is 11.3. The molecule has 0 amide bonds. The minimum atomic E-state index is -0.524. The summed E-state index contributed by atoms with van der Waals surface area (Å²) in [5.41, 5.74) is 5.97. The van der Waals surface area contributed by atoms with E-state index >= 15 is 0 Å². The third-order valence-corrected chi connectivity index (χ3v) is 1.68. The van der Waals surface area contributed by atoms with E-state index in [9.17, 15) is 9.90 Å². The number of hydrogen-bond donors (Lipinski definition) is 2.